The topological polar surface area (TPSA) is 72.2 Å². The van der Waals surface area contributed by atoms with E-state index >= 15 is 0 Å². The molecule has 0 aromatic heterocycles. The fourth-order valence-corrected chi connectivity index (χ4v) is 3.39. The van der Waals surface area contributed by atoms with Gasteiger partial charge in [-0.1, -0.05) is 29.8 Å². The second kappa shape index (κ2) is 6.78. The van der Waals surface area contributed by atoms with Gasteiger partial charge >= 0.3 is 0 Å². The zero-order chi connectivity index (χ0) is 14.6. The summed E-state index contributed by atoms with van der Waals surface area (Å²) >= 11 is 3.09. The van der Waals surface area contributed by atoms with Crippen LogP contribution < -0.4 is 10.5 Å². The third-order valence-corrected chi connectivity index (χ3v) is 4.59. The number of benzene rings is 1. The molecule has 0 spiro atoms. The van der Waals surface area contributed by atoms with Crippen LogP contribution in [0.15, 0.2) is 27.6 Å². The van der Waals surface area contributed by atoms with E-state index in [1.165, 1.54) is 12.1 Å². The molecule has 0 saturated carbocycles. The molecule has 3 N–H and O–H groups in total. The van der Waals surface area contributed by atoms with Crippen molar-refractivity contribution in [2.75, 3.05) is 6.54 Å². The Kier molecular flexibility index (Phi) is 5.91. The van der Waals surface area contributed by atoms with Crippen molar-refractivity contribution >= 4 is 26.0 Å². The SMILES string of the molecule is CC(C)CC(CN)NS(=O)(=O)c1ccc(Br)cc1F. The lowest BCUT2D eigenvalue weighted by Gasteiger charge is -2.19. The van der Waals surface area contributed by atoms with E-state index in [0.717, 1.165) is 6.07 Å². The first-order chi connectivity index (χ1) is 8.76. The van der Waals surface area contributed by atoms with E-state index in [2.05, 4.69) is 20.7 Å². The molecule has 1 aromatic rings. The van der Waals surface area contributed by atoms with Crippen LogP contribution in [0.5, 0.6) is 0 Å². The highest BCUT2D eigenvalue weighted by Gasteiger charge is 2.23. The molecule has 1 aromatic carbocycles. The highest BCUT2D eigenvalue weighted by atomic mass is 79.9. The van der Waals surface area contributed by atoms with Crippen LogP contribution in [0, 0.1) is 11.7 Å². The van der Waals surface area contributed by atoms with Crippen LogP contribution in [-0.4, -0.2) is 21.0 Å². The average Bonchev–Trinajstić information content (AvgIpc) is 2.26. The van der Waals surface area contributed by atoms with Crippen molar-refractivity contribution in [1.29, 1.82) is 0 Å². The first-order valence-electron chi connectivity index (χ1n) is 5.93. The predicted octanol–water partition coefficient (Wildman–Crippen LogP) is 2.24. The predicted molar refractivity (Wildman–Crippen MR) is 76.7 cm³/mol. The molecule has 1 unspecified atom stereocenters. The molecule has 19 heavy (non-hydrogen) atoms. The Morgan fingerprint density at radius 3 is 2.53 bits per heavy atom. The summed E-state index contributed by atoms with van der Waals surface area (Å²) in [6.45, 7) is 4.11. The summed E-state index contributed by atoms with van der Waals surface area (Å²) < 4.78 is 40.8. The normalized spacial score (nSPS) is 13.8. The maximum atomic E-state index is 13.7. The second-order valence-corrected chi connectivity index (χ2v) is 7.36. The standard InChI is InChI=1S/C12H18BrFN2O2S/c1-8(2)5-10(7-15)16-19(17,18)12-4-3-9(13)6-11(12)14/h3-4,6,8,10,16H,5,7,15H2,1-2H3. The van der Waals surface area contributed by atoms with Crippen LogP contribution in [0.3, 0.4) is 0 Å². The molecule has 108 valence electrons. The van der Waals surface area contributed by atoms with Crippen LogP contribution in [0.1, 0.15) is 20.3 Å². The summed E-state index contributed by atoms with van der Waals surface area (Å²) in [4.78, 5) is -0.363. The lowest BCUT2D eigenvalue weighted by atomic mass is 10.1. The van der Waals surface area contributed by atoms with Gasteiger partial charge in [-0.3, -0.25) is 0 Å². The van der Waals surface area contributed by atoms with E-state index in [1.54, 1.807) is 0 Å². The smallest absolute Gasteiger partial charge is 0.243 e. The number of halogens is 2. The molecule has 0 heterocycles. The van der Waals surface area contributed by atoms with E-state index in [-0.39, 0.29) is 11.4 Å². The molecule has 7 heteroatoms. The Bertz CT molecular complexity index is 535. The lowest BCUT2D eigenvalue weighted by Crippen LogP contribution is -2.41. The van der Waals surface area contributed by atoms with Crippen molar-refractivity contribution in [3.05, 3.63) is 28.5 Å². The Labute approximate surface area is 121 Å². The molecule has 1 rings (SSSR count). The molecular weight excluding hydrogens is 335 g/mol. The molecule has 0 aliphatic rings. The average molecular weight is 353 g/mol. The van der Waals surface area contributed by atoms with Gasteiger partial charge in [0, 0.05) is 17.1 Å². The van der Waals surface area contributed by atoms with Gasteiger partial charge in [0.25, 0.3) is 0 Å². The Morgan fingerprint density at radius 1 is 1.42 bits per heavy atom. The fraction of sp³-hybridized carbons (Fsp3) is 0.500. The van der Waals surface area contributed by atoms with Gasteiger partial charge in [-0.05, 0) is 30.5 Å². The number of sulfonamides is 1. The van der Waals surface area contributed by atoms with Crippen LogP contribution >= 0.6 is 15.9 Å². The molecule has 0 bridgehead atoms. The summed E-state index contributed by atoms with van der Waals surface area (Å²) in [6.07, 6.45) is 0.605. The number of rotatable bonds is 6. The number of hydrogen-bond donors (Lipinski definition) is 2. The van der Waals surface area contributed by atoms with Crippen molar-refractivity contribution in [3.8, 4) is 0 Å². The van der Waals surface area contributed by atoms with Crippen molar-refractivity contribution in [2.24, 2.45) is 11.7 Å². The third-order valence-electron chi connectivity index (χ3n) is 2.55. The van der Waals surface area contributed by atoms with Crippen LogP contribution in [0.25, 0.3) is 0 Å². The summed E-state index contributed by atoms with van der Waals surface area (Å²) in [5.74, 6) is -0.492. The number of nitrogens with two attached hydrogens (primary N) is 1. The van der Waals surface area contributed by atoms with Gasteiger partial charge in [-0.25, -0.2) is 17.5 Å². The van der Waals surface area contributed by atoms with E-state index in [9.17, 15) is 12.8 Å². The Balaban J connectivity index is 2.97. The summed E-state index contributed by atoms with van der Waals surface area (Å²) in [6, 6.07) is 3.43. The second-order valence-electron chi connectivity index (χ2n) is 4.76. The molecule has 0 fully saturated rings. The summed E-state index contributed by atoms with van der Waals surface area (Å²) in [5, 5.41) is 0. The first-order valence-corrected chi connectivity index (χ1v) is 8.21. The quantitative estimate of drug-likeness (QED) is 0.824. The molecule has 0 aliphatic heterocycles. The zero-order valence-electron chi connectivity index (χ0n) is 10.9. The van der Waals surface area contributed by atoms with E-state index in [1.807, 2.05) is 13.8 Å². The van der Waals surface area contributed by atoms with Gasteiger partial charge in [-0.15, -0.1) is 0 Å². The van der Waals surface area contributed by atoms with E-state index in [4.69, 9.17) is 5.73 Å². The minimum atomic E-state index is -3.89. The molecule has 0 amide bonds. The monoisotopic (exact) mass is 352 g/mol. The third kappa shape index (κ3) is 4.83. The van der Waals surface area contributed by atoms with Gasteiger partial charge in [0.1, 0.15) is 10.7 Å². The maximum absolute atomic E-state index is 13.7. The first kappa shape index (κ1) is 16.6. The van der Waals surface area contributed by atoms with Gasteiger partial charge < -0.3 is 5.73 Å². The van der Waals surface area contributed by atoms with E-state index < -0.39 is 21.9 Å². The highest BCUT2D eigenvalue weighted by Crippen LogP contribution is 2.20. The Hall–Kier alpha value is -0.500. The Morgan fingerprint density at radius 2 is 2.05 bits per heavy atom. The van der Waals surface area contributed by atoms with E-state index in [0.29, 0.717) is 16.8 Å². The minimum Gasteiger partial charge on any atom is -0.329 e. The van der Waals surface area contributed by atoms with Crippen LogP contribution in [0.4, 0.5) is 4.39 Å². The van der Waals surface area contributed by atoms with Crippen molar-refractivity contribution < 1.29 is 12.8 Å². The van der Waals surface area contributed by atoms with Gasteiger partial charge in [0.15, 0.2) is 0 Å². The molecule has 1 atom stereocenters. The van der Waals surface area contributed by atoms with Crippen LogP contribution in [-0.2, 0) is 10.0 Å². The molecular formula is C12H18BrFN2O2S. The highest BCUT2D eigenvalue weighted by molar-refractivity contribution is 9.10. The largest absolute Gasteiger partial charge is 0.329 e. The summed E-state index contributed by atoms with van der Waals surface area (Å²) in [5.41, 5.74) is 5.54. The maximum Gasteiger partial charge on any atom is 0.243 e. The molecule has 0 radical (unpaired) electrons. The molecule has 0 saturated heterocycles. The van der Waals surface area contributed by atoms with Crippen molar-refractivity contribution in [3.63, 3.8) is 0 Å². The minimum absolute atomic E-state index is 0.176. The zero-order valence-corrected chi connectivity index (χ0v) is 13.3. The molecule has 0 aliphatic carbocycles. The van der Waals surface area contributed by atoms with Crippen LogP contribution in [0.2, 0.25) is 0 Å². The van der Waals surface area contributed by atoms with Gasteiger partial charge in [0.2, 0.25) is 10.0 Å². The fourth-order valence-electron chi connectivity index (χ4n) is 1.74. The number of hydrogen-bond acceptors (Lipinski definition) is 3. The van der Waals surface area contributed by atoms with Crippen molar-refractivity contribution in [2.45, 2.75) is 31.2 Å². The van der Waals surface area contributed by atoms with Gasteiger partial charge in [-0.2, -0.15) is 0 Å². The number of nitrogens with one attached hydrogen (secondary N) is 1. The summed E-state index contributed by atoms with van der Waals surface area (Å²) in [7, 11) is -3.89. The molecule has 4 nitrogen and oxygen atoms in total. The lowest BCUT2D eigenvalue weighted by molar-refractivity contribution is 0.463. The van der Waals surface area contributed by atoms with Crippen molar-refractivity contribution in [1.82, 2.24) is 4.72 Å². The van der Waals surface area contributed by atoms with Gasteiger partial charge in [0.05, 0.1) is 0 Å².